The summed E-state index contributed by atoms with van der Waals surface area (Å²) in [4.78, 5) is 32.4. The van der Waals surface area contributed by atoms with Crippen molar-refractivity contribution in [1.82, 2.24) is 4.90 Å². The maximum atomic E-state index is 15.1. The van der Waals surface area contributed by atoms with Gasteiger partial charge >= 0.3 is 5.97 Å². The fourth-order valence-electron chi connectivity index (χ4n) is 4.28. The van der Waals surface area contributed by atoms with Crippen molar-refractivity contribution in [3.8, 4) is 0 Å². The van der Waals surface area contributed by atoms with Crippen LogP contribution in [0, 0.1) is 5.82 Å². The van der Waals surface area contributed by atoms with Gasteiger partial charge in [0.25, 0.3) is 5.91 Å². The fraction of sp³-hybridized carbons (Fsp3) is 0.258. The molecular weight excluding hydrogens is 513 g/mol. The van der Waals surface area contributed by atoms with Crippen LogP contribution in [0.5, 0.6) is 0 Å². The van der Waals surface area contributed by atoms with E-state index in [1.54, 1.807) is 41.3 Å². The third-order valence-electron chi connectivity index (χ3n) is 6.47. The molecule has 6 nitrogen and oxygen atoms in total. The highest BCUT2D eigenvalue weighted by molar-refractivity contribution is 8.18. The lowest BCUT2D eigenvalue weighted by Crippen LogP contribution is -2.28. The van der Waals surface area contributed by atoms with E-state index < -0.39 is 5.97 Å². The summed E-state index contributed by atoms with van der Waals surface area (Å²) in [5, 5.41) is 9.48. The minimum absolute atomic E-state index is 0.0609. The number of amidine groups is 1. The predicted molar refractivity (Wildman–Crippen MR) is 157 cm³/mol. The molecule has 1 aliphatic rings. The zero-order chi connectivity index (χ0) is 28.1. The van der Waals surface area contributed by atoms with Gasteiger partial charge in [-0.1, -0.05) is 56.3 Å². The smallest absolute Gasteiger partial charge is 0.307 e. The first-order valence-electron chi connectivity index (χ1n) is 12.8. The van der Waals surface area contributed by atoms with Gasteiger partial charge in [-0.05, 0) is 77.2 Å². The predicted octanol–water partition coefficient (Wildman–Crippen LogP) is 6.84. The maximum Gasteiger partial charge on any atom is 0.307 e. The summed E-state index contributed by atoms with van der Waals surface area (Å²) in [6.07, 6.45) is 1.63. The molecule has 4 rings (SSSR count). The number of rotatable bonds is 9. The molecule has 3 aromatic carbocycles. The van der Waals surface area contributed by atoms with Crippen molar-refractivity contribution in [2.75, 3.05) is 18.5 Å². The number of nitrogens with zero attached hydrogens (tertiary/aromatic N) is 3. The summed E-state index contributed by atoms with van der Waals surface area (Å²) in [6, 6.07) is 20.3. The number of aliphatic imine (C=N–C) groups is 1. The van der Waals surface area contributed by atoms with Crippen LogP contribution in [-0.4, -0.2) is 40.6 Å². The van der Waals surface area contributed by atoms with E-state index in [0.29, 0.717) is 51.6 Å². The highest BCUT2D eigenvalue weighted by atomic mass is 32.2. The number of likely N-dealkylation sites (N-methyl/N-ethyl adjacent to an activating group) is 1. The van der Waals surface area contributed by atoms with Crippen LogP contribution >= 0.6 is 11.8 Å². The Morgan fingerprint density at radius 1 is 1.08 bits per heavy atom. The Bertz CT molecular complexity index is 1420. The number of hydrogen-bond donors (Lipinski definition) is 1. The number of anilines is 1. The molecule has 0 atom stereocenters. The number of amides is 1. The van der Waals surface area contributed by atoms with E-state index in [-0.39, 0.29) is 18.1 Å². The number of carboxylic acid groups (broad SMARTS) is 1. The second-order valence-corrected chi connectivity index (χ2v) is 10.8. The summed E-state index contributed by atoms with van der Waals surface area (Å²) in [6.45, 7) is 7.19. The number of benzene rings is 3. The van der Waals surface area contributed by atoms with Gasteiger partial charge in [-0.25, -0.2) is 9.38 Å². The molecule has 0 unspecified atom stereocenters. The van der Waals surface area contributed by atoms with Gasteiger partial charge in [0.15, 0.2) is 5.17 Å². The van der Waals surface area contributed by atoms with Crippen molar-refractivity contribution in [2.24, 2.45) is 4.99 Å². The lowest BCUT2D eigenvalue weighted by molar-refractivity contribution is -0.136. The summed E-state index contributed by atoms with van der Waals surface area (Å²) in [7, 11) is 1.86. The number of aliphatic carboxylic acids is 1. The van der Waals surface area contributed by atoms with Gasteiger partial charge in [-0.15, -0.1) is 0 Å². The van der Waals surface area contributed by atoms with Crippen molar-refractivity contribution in [3.05, 3.63) is 99.7 Å². The molecule has 1 saturated heterocycles. The van der Waals surface area contributed by atoms with Gasteiger partial charge in [0.1, 0.15) is 5.82 Å². The van der Waals surface area contributed by atoms with Crippen LogP contribution in [0.25, 0.3) is 6.08 Å². The Morgan fingerprint density at radius 3 is 2.33 bits per heavy atom. The van der Waals surface area contributed by atoms with Crippen LogP contribution in [0.3, 0.4) is 0 Å². The van der Waals surface area contributed by atoms with E-state index >= 15 is 4.39 Å². The number of halogens is 1. The molecular formula is C31H32FN3O3S. The number of thioether (sulfide) groups is 1. The van der Waals surface area contributed by atoms with Crippen molar-refractivity contribution in [3.63, 3.8) is 0 Å². The first-order valence-corrected chi connectivity index (χ1v) is 13.7. The van der Waals surface area contributed by atoms with Crippen LogP contribution in [0.2, 0.25) is 0 Å². The second kappa shape index (κ2) is 12.3. The average molecular weight is 546 g/mol. The Labute approximate surface area is 232 Å². The highest BCUT2D eigenvalue weighted by Gasteiger charge is 2.32. The SMILES string of the molecule is CCN1C(=O)/C(=C/c2ccc(N(C)Cc3ccc(C(C)C)cc3)c(F)c2)SC1=Nc1ccc(CC(=O)O)cc1. The quantitative estimate of drug-likeness (QED) is 0.298. The molecule has 8 heteroatoms. The molecule has 1 aliphatic heterocycles. The number of carboxylic acids is 1. The molecule has 0 radical (unpaired) electrons. The van der Waals surface area contributed by atoms with Crippen LogP contribution in [-0.2, 0) is 22.6 Å². The van der Waals surface area contributed by atoms with E-state index in [2.05, 4.69) is 43.1 Å². The molecule has 202 valence electrons. The summed E-state index contributed by atoms with van der Waals surface area (Å²) < 4.78 is 15.1. The molecule has 1 N–H and O–H groups in total. The zero-order valence-electron chi connectivity index (χ0n) is 22.5. The fourth-order valence-corrected chi connectivity index (χ4v) is 5.35. The molecule has 0 spiro atoms. The molecule has 3 aromatic rings. The zero-order valence-corrected chi connectivity index (χ0v) is 23.3. The van der Waals surface area contributed by atoms with Crippen molar-refractivity contribution < 1.29 is 19.1 Å². The second-order valence-electron chi connectivity index (χ2n) is 9.75. The van der Waals surface area contributed by atoms with Crippen molar-refractivity contribution >= 4 is 46.3 Å². The third-order valence-corrected chi connectivity index (χ3v) is 7.47. The van der Waals surface area contributed by atoms with Crippen LogP contribution in [0.15, 0.2) is 76.6 Å². The van der Waals surface area contributed by atoms with Gasteiger partial charge in [0.05, 0.1) is 22.7 Å². The first-order chi connectivity index (χ1) is 18.6. The van der Waals surface area contributed by atoms with Gasteiger partial charge in [0.2, 0.25) is 0 Å². The summed E-state index contributed by atoms with van der Waals surface area (Å²) in [5.74, 6) is -0.978. The lowest BCUT2D eigenvalue weighted by Gasteiger charge is -2.20. The number of carbonyl (C=O) groups excluding carboxylic acids is 1. The summed E-state index contributed by atoms with van der Waals surface area (Å²) in [5.41, 5.74) is 4.75. The molecule has 0 aliphatic carbocycles. The van der Waals surface area contributed by atoms with E-state index in [1.807, 2.05) is 24.9 Å². The van der Waals surface area contributed by atoms with E-state index in [4.69, 9.17) is 5.11 Å². The van der Waals surface area contributed by atoms with Gasteiger partial charge in [-0.3, -0.25) is 14.5 Å². The first kappa shape index (κ1) is 28.1. The highest BCUT2D eigenvalue weighted by Crippen LogP contribution is 2.34. The van der Waals surface area contributed by atoms with Crippen LogP contribution < -0.4 is 4.90 Å². The molecule has 0 aromatic heterocycles. The van der Waals surface area contributed by atoms with Crippen molar-refractivity contribution in [2.45, 2.75) is 39.7 Å². The molecule has 1 fully saturated rings. The topological polar surface area (TPSA) is 73.2 Å². The van der Waals surface area contributed by atoms with Crippen molar-refractivity contribution in [1.29, 1.82) is 0 Å². The lowest BCUT2D eigenvalue weighted by atomic mass is 10.0. The molecule has 1 heterocycles. The van der Waals surface area contributed by atoms with E-state index in [1.165, 1.54) is 23.4 Å². The minimum atomic E-state index is -0.898. The van der Waals surface area contributed by atoms with Gasteiger partial charge < -0.3 is 10.0 Å². The Balaban J connectivity index is 1.49. The van der Waals surface area contributed by atoms with Gasteiger partial charge in [0, 0.05) is 20.1 Å². The van der Waals surface area contributed by atoms with E-state index in [9.17, 15) is 9.59 Å². The Morgan fingerprint density at radius 2 is 1.74 bits per heavy atom. The molecule has 0 saturated carbocycles. The Kier molecular flexibility index (Phi) is 8.86. The summed E-state index contributed by atoms with van der Waals surface area (Å²) >= 11 is 1.24. The maximum absolute atomic E-state index is 15.1. The van der Waals surface area contributed by atoms with E-state index in [0.717, 1.165) is 5.56 Å². The largest absolute Gasteiger partial charge is 0.481 e. The molecule has 0 bridgehead atoms. The van der Waals surface area contributed by atoms with Crippen LogP contribution in [0.1, 0.15) is 48.9 Å². The minimum Gasteiger partial charge on any atom is -0.481 e. The van der Waals surface area contributed by atoms with Crippen LogP contribution in [0.4, 0.5) is 15.8 Å². The monoisotopic (exact) mass is 545 g/mol. The molecule has 39 heavy (non-hydrogen) atoms. The standard InChI is InChI=1S/C31H32FN3O3S/c1-5-35-30(38)28(39-31(35)33-25-13-8-21(9-14-25)18-29(36)37)17-23-10-15-27(26(32)16-23)34(4)19-22-6-11-24(12-7-22)20(2)3/h6-17,20H,5,18-19H2,1-4H3,(H,36,37)/b28-17-,33-31?. The normalized spacial score (nSPS) is 15.5. The third kappa shape index (κ3) is 6.95. The average Bonchev–Trinajstić information content (AvgIpc) is 3.18. The van der Waals surface area contributed by atoms with Gasteiger partial charge in [-0.2, -0.15) is 0 Å². The number of hydrogen-bond acceptors (Lipinski definition) is 5. The number of carbonyl (C=O) groups is 2. The molecule has 1 amide bonds. The Hall–Kier alpha value is -3.91.